The first-order chi connectivity index (χ1) is 9.24. The Bertz CT molecular complexity index is 579. The molecule has 1 atom stereocenters. The molecule has 0 radical (unpaired) electrons. The Hall–Kier alpha value is -1.52. The third-order valence-corrected chi connectivity index (χ3v) is 4.37. The first-order valence-corrected chi connectivity index (χ1v) is 7.33. The quantitative estimate of drug-likeness (QED) is 0.924. The minimum Gasteiger partial charge on any atom is -0.454 e. The van der Waals surface area contributed by atoms with Crippen LogP contribution >= 0.6 is 11.3 Å². The number of fused-ring (bicyclic) bond motifs is 1. The molecule has 19 heavy (non-hydrogen) atoms. The van der Waals surface area contributed by atoms with Crippen LogP contribution in [-0.4, -0.2) is 6.79 Å². The van der Waals surface area contributed by atoms with Crippen molar-refractivity contribution in [1.82, 2.24) is 5.32 Å². The van der Waals surface area contributed by atoms with Gasteiger partial charge in [-0.15, -0.1) is 0 Å². The van der Waals surface area contributed by atoms with E-state index >= 15 is 0 Å². The van der Waals surface area contributed by atoms with Crippen molar-refractivity contribution in [1.29, 1.82) is 0 Å². The largest absolute Gasteiger partial charge is 0.454 e. The molecule has 1 aromatic carbocycles. The molecule has 1 aliphatic heterocycles. The summed E-state index contributed by atoms with van der Waals surface area (Å²) in [7, 11) is 0. The minimum atomic E-state index is 0.286. The summed E-state index contributed by atoms with van der Waals surface area (Å²) >= 11 is 1.75. The summed E-state index contributed by atoms with van der Waals surface area (Å²) in [6, 6.07) is 6.41. The maximum atomic E-state index is 5.41. The standard InChI is InChI=1S/C15H17NO2S/c1-10-7-19-8-13(10)6-16-11(2)12-3-4-14-15(5-12)18-9-17-14/h3-5,7-8,11,16H,6,9H2,1-2H3. The highest BCUT2D eigenvalue weighted by Gasteiger charge is 2.15. The van der Waals surface area contributed by atoms with Crippen LogP contribution in [0.15, 0.2) is 29.0 Å². The Morgan fingerprint density at radius 2 is 2.11 bits per heavy atom. The van der Waals surface area contributed by atoms with E-state index in [1.165, 1.54) is 16.7 Å². The lowest BCUT2D eigenvalue weighted by atomic mass is 10.1. The molecule has 3 rings (SSSR count). The molecule has 0 saturated heterocycles. The van der Waals surface area contributed by atoms with E-state index in [9.17, 15) is 0 Å². The Labute approximate surface area is 117 Å². The van der Waals surface area contributed by atoms with Crippen molar-refractivity contribution >= 4 is 11.3 Å². The fourth-order valence-electron chi connectivity index (χ4n) is 2.13. The summed E-state index contributed by atoms with van der Waals surface area (Å²) in [4.78, 5) is 0. The first kappa shape index (κ1) is 12.5. The van der Waals surface area contributed by atoms with Crippen molar-refractivity contribution in [3.05, 3.63) is 45.6 Å². The molecule has 0 saturated carbocycles. The molecule has 4 heteroatoms. The highest BCUT2D eigenvalue weighted by atomic mass is 32.1. The molecule has 1 aromatic heterocycles. The van der Waals surface area contributed by atoms with Crippen LogP contribution in [0.25, 0.3) is 0 Å². The topological polar surface area (TPSA) is 30.5 Å². The monoisotopic (exact) mass is 275 g/mol. The van der Waals surface area contributed by atoms with Crippen molar-refractivity contribution in [2.75, 3.05) is 6.79 Å². The maximum Gasteiger partial charge on any atom is 0.231 e. The van der Waals surface area contributed by atoms with Crippen LogP contribution in [0.3, 0.4) is 0 Å². The highest BCUT2D eigenvalue weighted by Crippen LogP contribution is 2.34. The summed E-state index contributed by atoms with van der Waals surface area (Å²) in [5, 5.41) is 7.93. The highest BCUT2D eigenvalue weighted by molar-refractivity contribution is 7.08. The molecule has 1 unspecified atom stereocenters. The van der Waals surface area contributed by atoms with Crippen LogP contribution in [0, 0.1) is 6.92 Å². The van der Waals surface area contributed by atoms with Gasteiger partial charge in [0.1, 0.15) is 0 Å². The number of ether oxygens (including phenoxy) is 2. The van der Waals surface area contributed by atoms with Crippen LogP contribution in [0.4, 0.5) is 0 Å². The van der Waals surface area contributed by atoms with E-state index < -0.39 is 0 Å². The fraction of sp³-hybridized carbons (Fsp3) is 0.333. The average Bonchev–Trinajstić information content (AvgIpc) is 3.03. The van der Waals surface area contributed by atoms with Crippen molar-refractivity contribution in [3.63, 3.8) is 0 Å². The summed E-state index contributed by atoms with van der Waals surface area (Å²) in [5.41, 5.74) is 3.95. The van der Waals surface area contributed by atoms with E-state index in [2.05, 4.69) is 42.1 Å². The zero-order valence-corrected chi connectivity index (χ0v) is 11.9. The smallest absolute Gasteiger partial charge is 0.231 e. The molecule has 0 amide bonds. The van der Waals surface area contributed by atoms with Crippen LogP contribution < -0.4 is 14.8 Å². The van der Waals surface area contributed by atoms with Gasteiger partial charge in [-0.3, -0.25) is 0 Å². The maximum absolute atomic E-state index is 5.41. The lowest BCUT2D eigenvalue weighted by Gasteiger charge is -2.14. The van der Waals surface area contributed by atoms with Crippen molar-refractivity contribution in [3.8, 4) is 11.5 Å². The molecule has 0 aliphatic carbocycles. The van der Waals surface area contributed by atoms with Gasteiger partial charge in [0.15, 0.2) is 11.5 Å². The van der Waals surface area contributed by atoms with Crippen molar-refractivity contribution in [2.24, 2.45) is 0 Å². The van der Waals surface area contributed by atoms with E-state index in [0.717, 1.165) is 18.0 Å². The Balaban J connectivity index is 1.67. The number of thiophene rings is 1. The lowest BCUT2D eigenvalue weighted by molar-refractivity contribution is 0.174. The second-order valence-electron chi connectivity index (χ2n) is 4.80. The molecular formula is C15H17NO2S. The van der Waals surface area contributed by atoms with Crippen LogP contribution in [0.2, 0.25) is 0 Å². The van der Waals surface area contributed by atoms with Gasteiger partial charge < -0.3 is 14.8 Å². The van der Waals surface area contributed by atoms with Gasteiger partial charge in [-0.2, -0.15) is 11.3 Å². The van der Waals surface area contributed by atoms with Gasteiger partial charge in [-0.25, -0.2) is 0 Å². The van der Waals surface area contributed by atoms with E-state index in [-0.39, 0.29) is 6.04 Å². The van der Waals surface area contributed by atoms with Crippen LogP contribution in [-0.2, 0) is 6.54 Å². The SMILES string of the molecule is Cc1cscc1CNC(C)c1ccc2c(c1)OCO2. The van der Waals surface area contributed by atoms with Crippen molar-refractivity contribution in [2.45, 2.75) is 26.4 Å². The second kappa shape index (κ2) is 5.23. The van der Waals surface area contributed by atoms with Crippen molar-refractivity contribution < 1.29 is 9.47 Å². The molecule has 2 aromatic rings. The van der Waals surface area contributed by atoms with Gasteiger partial charge in [0.2, 0.25) is 6.79 Å². The number of aryl methyl sites for hydroxylation is 1. The predicted octanol–water partition coefficient (Wildman–Crippen LogP) is 3.64. The molecule has 100 valence electrons. The van der Waals surface area contributed by atoms with Crippen LogP contribution in [0.1, 0.15) is 29.7 Å². The van der Waals surface area contributed by atoms with E-state index in [1.54, 1.807) is 11.3 Å². The van der Waals surface area contributed by atoms with E-state index in [1.807, 2.05) is 6.07 Å². The first-order valence-electron chi connectivity index (χ1n) is 6.38. The molecule has 2 heterocycles. The Morgan fingerprint density at radius 1 is 1.26 bits per heavy atom. The summed E-state index contributed by atoms with van der Waals surface area (Å²) < 4.78 is 10.7. The van der Waals surface area contributed by atoms with Gasteiger partial charge in [-0.05, 0) is 53.4 Å². The number of benzene rings is 1. The van der Waals surface area contributed by atoms with Crippen LogP contribution in [0.5, 0.6) is 11.5 Å². The van der Waals surface area contributed by atoms with E-state index in [4.69, 9.17) is 9.47 Å². The number of nitrogens with one attached hydrogen (secondary N) is 1. The summed E-state index contributed by atoms with van der Waals surface area (Å²) in [5.74, 6) is 1.68. The molecule has 3 nitrogen and oxygen atoms in total. The third-order valence-electron chi connectivity index (χ3n) is 3.46. The van der Waals surface area contributed by atoms with Gasteiger partial charge in [-0.1, -0.05) is 6.07 Å². The normalized spacial score (nSPS) is 14.6. The van der Waals surface area contributed by atoms with E-state index in [0.29, 0.717) is 6.79 Å². The van der Waals surface area contributed by atoms with Gasteiger partial charge in [0.05, 0.1) is 0 Å². The summed E-state index contributed by atoms with van der Waals surface area (Å²) in [6.45, 7) is 5.54. The number of rotatable bonds is 4. The predicted molar refractivity (Wildman–Crippen MR) is 76.9 cm³/mol. The molecular weight excluding hydrogens is 258 g/mol. The number of hydrogen-bond donors (Lipinski definition) is 1. The molecule has 0 bridgehead atoms. The molecule has 0 spiro atoms. The lowest BCUT2D eigenvalue weighted by Crippen LogP contribution is -2.18. The summed E-state index contributed by atoms with van der Waals surface area (Å²) in [6.07, 6.45) is 0. The zero-order chi connectivity index (χ0) is 13.2. The molecule has 1 aliphatic rings. The number of hydrogen-bond acceptors (Lipinski definition) is 4. The fourth-order valence-corrected chi connectivity index (χ4v) is 2.99. The Morgan fingerprint density at radius 3 is 2.89 bits per heavy atom. The van der Waals surface area contributed by atoms with Gasteiger partial charge in [0, 0.05) is 12.6 Å². The molecule has 1 N–H and O–H groups in total. The zero-order valence-electron chi connectivity index (χ0n) is 11.1. The third kappa shape index (κ3) is 2.60. The average molecular weight is 275 g/mol. The molecule has 0 fully saturated rings. The van der Waals surface area contributed by atoms with Gasteiger partial charge >= 0.3 is 0 Å². The second-order valence-corrected chi connectivity index (χ2v) is 5.54. The minimum absolute atomic E-state index is 0.286. The Kier molecular flexibility index (Phi) is 3.44. The van der Waals surface area contributed by atoms with Gasteiger partial charge in [0.25, 0.3) is 0 Å².